The van der Waals surface area contributed by atoms with Crippen LogP contribution in [-0.2, 0) is 4.79 Å². The van der Waals surface area contributed by atoms with Crippen molar-refractivity contribution in [3.63, 3.8) is 0 Å². The van der Waals surface area contributed by atoms with Gasteiger partial charge in [0.15, 0.2) is 17.3 Å². The van der Waals surface area contributed by atoms with E-state index in [-0.39, 0.29) is 5.78 Å². The van der Waals surface area contributed by atoms with Gasteiger partial charge < -0.3 is 14.6 Å². The number of hydrogen-bond acceptors (Lipinski definition) is 4. The fourth-order valence-corrected chi connectivity index (χ4v) is 2.58. The fraction of sp³-hybridized carbons (Fsp3) is 0.467. The van der Waals surface area contributed by atoms with Gasteiger partial charge in [0.25, 0.3) is 0 Å². The first-order valence-electron chi connectivity index (χ1n) is 6.78. The van der Waals surface area contributed by atoms with Crippen LogP contribution in [0.5, 0.6) is 11.5 Å². The lowest BCUT2D eigenvalue weighted by Crippen LogP contribution is -2.25. The Balaban J connectivity index is 2.33. The number of halogens is 1. The molecule has 0 amide bonds. The Bertz CT molecular complexity index is 569. The Labute approximate surface area is 131 Å². The van der Waals surface area contributed by atoms with Gasteiger partial charge in [-0.3, -0.25) is 9.59 Å². The molecule has 1 N–H and O–H groups in total. The normalized spacial score (nSPS) is 16.7. The number of benzene rings is 1. The van der Waals surface area contributed by atoms with Crippen LogP contribution in [0.15, 0.2) is 16.6 Å². The number of rotatable bonds is 4. The lowest BCUT2D eigenvalue weighted by Gasteiger charge is -2.17. The van der Waals surface area contributed by atoms with Crippen molar-refractivity contribution in [2.45, 2.75) is 20.3 Å². The molecule has 0 radical (unpaired) electrons. The van der Waals surface area contributed by atoms with E-state index >= 15 is 0 Å². The van der Waals surface area contributed by atoms with Gasteiger partial charge in [0.05, 0.1) is 19.1 Å². The zero-order chi connectivity index (χ0) is 15.6. The van der Waals surface area contributed by atoms with E-state index in [1.165, 1.54) is 6.92 Å². The number of hydrogen-bond donors (Lipinski definition) is 1. The Morgan fingerprint density at radius 3 is 2.29 bits per heavy atom. The van der Waals surface area contributed by atoms with Crippen molar-refractivity contribution in [3.05, 3.63) is 22.2 Å². The minimum atomic E-state index is -0.985. The van der Waals surface area contributed by atoms with Crippen LogP contribution in [0, 0.1) is 11.8 Å². The highest BCUT2D eigenvalue weighted by Gasteiger charge is 2.29. The maximum Gasteiger partial charge on any atom is 0.306 e. The van der Waals surface area contributed by atoms with E-state index < -0.39 is 17.8 Å². The molecule has 1 aromatic carbocycles. The summed E-state index contributed by atoms with van der Waals surface area (Å²) in [5.41, 5.74) is 0.417. The monoisotopic (exact) mass is 356 g/mol. The van der Waals surface area contributed by atoms with Gasteiger partial charge in [-0.05, 0) is 28.1 Å². The number of carbonyl (C=O) groups excluding carboxylic acids is 1. The third-order valence-electron chi connectivity index (χ3n) is 3.66. The molecule has 21 heavy (non-hydrogen) atoms. The summed E-state index contributed by atoms with van der Waals surface area (Å²) >= 11 is 3.35. The van der Waals surface area contributed by atoms with E-state index in [9.17, 15) is 9.59 Å². The molecule has 0 bridgehead atoms. The van der Waals surface area contributed by atoms with Gasteiger partial charge in [-0.25, -0.2) is 0 Å². The lowest BCUT2D eigenvalue weighted by atomic mass is 9.88. The highest BCUT2D eigenvalue weighted by atomic mass is 79.9. The lowest BCUT2D eigenvalue weighted by molar-refractivity contribution is -0.142. The molecule has 2 rings (SSSR count). The predicted octanol–water partition coefficient (Wildman–Crippen LogP) is 3.15. The number of carboxylic acids is 1. The molecule has 2 atom stereocenters. The van der Waals surface area contributed by atoms with Crippen LogP contribution in [0.1, 0.15) is 30.6 Å². The van der Waals surface area contributed by atoms with Crippen molar-refractivity contribution in [2.24, 2.45) is 11.8 Å². The largest absolute Gasteiger partial charge is 0.490 e. The molecule has 1 aliphatic rings. The number of carboxylic acid groups (broad SMARTS) is 1. The summed E-state index contributed by atoms with van der Waals surface area (Å²) in [6.45, 7) is 4.25. The molecule has 0 aromatic heterocycles. The zero-order valence-electron chi connectivity index (χ0n) is 11.9. The molecule has 0 saturated carbocycles. The number of ketones is 1. The van der Waals surface area contributed by atoms with E-state index in [1.54, 1.807) is 19.1 Å². The van der Waals surface area contributed by atoms with Crippen LogP contribution in [0.3, 0.4) is 0 Å². The van der Waals surface area contributed by atoms with Gasteiger partial charge in [0.2, 0.25) is 0 Å². The number of carbonyl (C=O) groups is 2. The summed E-state index contributed by atoms with van der Waals surface area (Å²) < 4.78 is 11.7. The Morgan fingerprint density at radius 1 is 1.14 bits per heavy atom. The molecule has 6 heteroatoms. The van der Waals surface area contributed by atoms with E-state index in [0.717, 1.165) is 6.42 Å². The standard InChI is InChI=1S/C15H17BrO5/c1-8(9(2)15(18)19)14(17)10-6-12-13(7-11(10)16)21-5-3-4-20-12/h6-9H,3-5H2,1-2H3,(H,18,19). The summed E-state index contributed by atoms with van der Waals surface area (Å²) in [7, 11) is 0. The summed E-state index contributed by atoms with van der Waals surface area (Å²) in [5, 5.41) is 9.04. The van der Waals surface area contributed by atoms with Crippen molar-refractivity contribution in [1.82, 2.24) is 0 Å². The molecule has 0 spiro atoms. The minimum Gasteiger partial charge on any atom is -0.490 e. The quantitative estimate of drug-likeness (QED) is 0.838. The molecule has 114 valence electrons. The van der Waals surface area contributed by atoms with E-state index in [2.05, 4.69) is 15.9 Å². The Hall–Kier alpha value is -1.56. The van der Waals surface area contributed by atoms with Crippen LogP contribution >= 0.6 is 15.9 Å². The number of fused-ring (bicyclic) bond motifs is 1. The highest BCUT2D eigenvalue weighted by molar-refractivity contribution is 9.10. The van der Waals surface area contributed by atoms with Gasteiger partial charge in [0.1, 0.15) is 0 Å². The number of Topliss-reactive ketones (excluding diaryl/α,β-unsaturated/α-hetero) is 1. The van der Waals surface area contributed by atoms with Gasteiger partial charge in [-0.2, -0.15) is 0 Å². The molecule has 1 aromatic rings. The average molecular weight is 357 g/mol. The third kappa shape index (κ3) is 3.37. The van der Waals surface area contributed by atoms with Crippen LogP contribution in [0.2, 0.25) is 0 Å². The van der Waals surface area contributed by atoms with E-state index in [4.69, 9.17) is 14.6 Å². The molecular weight excluding hydrogens is 340 g/mol. The first-order chi connectivity index (χ1) is 9.91. The fourth-order valence-electron chi connectivity index (χ4n) is 2.06. The smallest absolute Gasteiger partial charge is 0.306 e. The zero-order valence-corrected chi connectivity index (χ0v) is 13.5. The second-order valence-corrected chi connectivity index (χ2v) is 5.96. The summed E-state index contributed by atoms with van der Waals surface area (Å²) in [5.74, 6) is -1.47. The van der Waals surface area contributed by atoms with Gasteiger partial charge in [-0.1, -0.05) is 13.8 Å². The summed E-state index contributed by atoms with van der Waals surface area (Å²) in [4.78, 5) is 23.5. The number of aliphatic carboxylic acids is 1. The highest BCUT2D eigenvalue weighted by Crippen LogP contribution is 2.36. The van der Waals surface area contributed by atoms with Crippen molar-refractivity contribution < 1.29 is 24.2 Å². The Morgan fingerprint density at radius 2 is 1.71 bits per heavy atom. The topological polar surface area (TPSA) is 72.8 Å². The molecule has 5 nitrogen and oxygen atoms in total. The average Bonchev–Trinajstić information content (AvgIpc) is 2.68. The van der Waals surface area contributed by atoms with Crippen molar-refractivity contribution in [1.29, 1.82) is 0 Å². The van der Waals surface area contributed by atoms with Gasteiger partial charge in [0, 0.05) is 22.4 Å². The number of ether oxygens (including phenoxy) is 2. The molecule has 0 saturated heterocycles. The first kappa shape index (κ1) is 15.8. The van der Waals surface area contributed by atoms with Crippen LogP contribution in [-0.4, -0.2) is 30.1 Å². The van der Waals surface area contributed by atoms with E-state index in [0.29, 0.717) is 34.7 Å². The summed E-state index contributed by atoms with van der Waals surface area (Å²) in [6, 6.07) is 3.32. The molecule has 0 aliphatic carbocycles. The third-order valence-corrected chi connectivity index (χ3v) is 4.31. The SMILES string of the molecule is CC(C(=O)O)C(C)C(=O)c1cc2c(cc1Br)OCCCO2. The maximum absolute atomic E-state index is 12.5. The molecular formula is C15H17BrO5. The minimum absolute atomic E-state index is 0.229. The van der Waals surface area contributed by atoms with E-state index in [1.807, 2.05) is 0 Å². The van der Waals surface area contributed by atoms with Crippen LogP contribution in [0.4, 0.5) is 0 Å². The Kier molecular flexibility index (Phi) is 4.88. The van der Waals surface area contributed by atoms with Gasteiger partial charge >= 0.3 is 5.97 Å². The first-order valence-corrected chi connectivity index (χ1v) is 7.57. The molecule has 2 unspecified atom stereocenters. The van der Waals surface area contributed by atoms with Crippen molar-refractivity contribution in [3.8, 4) is 11.5 Å². The predicted molar refractivity (Wildman–Crippen MR) is 80.0 cm³/mol. The summed E-state index contributed by atoms with van der Waals surface area (Å²) in [6.07, 6.45) is 0.780. The second kappa shape index (κ2) is 6.47. The van der Waals surface area contributed by atoms with Crippen LogP contribution in [0.25, 0.3) is 0 Å². The molecule has 1 heterocycles. The van der Waals surface area contributed by atoms with Gasteiger partial charge in [-0.15, -0.1) is 0 Å². The maximum atomic E-state index is 12.5. The van der Waals surface area contributed by atoms with Crippen molar-refractivity contribution in [2.75, 3.05) is 13.2 Å². The van der Waals surface area contributed by atoms with Crippen molar-refractivity contribution >= 4 is 27.7 Å². The molecule has 0 fully saturated rings. The van der Waals surface area contributed by atoms with Crippen LogP contribution < -0.4 is 9.47 Å². The molecule has 1 aliphatic heterocycles. The second-order valence-electron chi connectivity index (χ2n) is 5.11.